The van der Waals surface area contributed by atoms with Crippen LogP contribution >= 0.6 is 0 Å². The van der Waals surface area contributed by atoms with Gasteiger partial charge in [-0.05, 0) is 123 Å². The molecule has 324 valence electrons. The summed E-state index contributed by atoms with van der Waals surface area (Å²) in [5.74, 6) is 0. The zero-order chi connectivity index (χ0) is 45.7. The van der Waals surface area contributed by atoms with Crippen molar-refractivity contribution in [1.82, 2.24) is 4.57 Å². The number of benzene rings is 11. The SMILES string of the molecule is c1ccc(-c2ccc(-c3cccc(N(c4ccc(-c5cccc(-c6ccc(-n7c8ccccc8c8ccccc87)cc6)c5)cc4)c4ccccc4-c4cccc5oc6ccccc6c45)c3)cc2)cc1. The van der Waals surface area contributed by atoms with Crippen LogP contribution in [0.25, 0.3) is 105 Å². The molecule has 0 amide bonds. The van der Waals surface area contributed by atoms with Crippen molar-refractivity contribution >= 4 is 60.8 Å². The number of anilines is 3. The highest BCUT2D eigenvalue weighted by Gasteiger charge is 2.21. The van der Waals surface area contributed by atoms with Crippen LogP contribution in [0.2, 0.25) is 0 Å². The second kappa shape index (κ2) is 16.9. The molecule has 69 heavy (non-hydrogen) atoms. The van der Waals surface area contributed by atoms with E-state index in [4.69, 9.17) is 4.42 Å². The van der Waals surface area contributed by atoms with E-state index < -0.39 is 0 Å². The van der Waals surface area contributed by atoms with Crippen LogP contribution in [0.1, 0.15) is 0 Å². The third kappa shape index (κ3) is 7.16. The lowest BCUT2D eigenvalue weighted by Gasteiger charge is -2.28. The molecule has 11 aromatic carbocycles. The maximum absolute atomic E-state index is 6.41. The molecule has 0 atom stereocenters. The molecule has 0 unspecified atom stereocenters. The van der Waals surface area contributed by atoms with Crippen LogP contribution in [0.4, 0.5) is 17.1 Å². The second-order valence-electron chi connectivity index (χ2n) is 17.7. The van der Waals surface area contributed by atoms with E-state index in [1.807, 2.05) is 6.07 Å². The van der Waals surface area contributed by atoms with Crippen molar-refractivity contribution < 1.29 is 4.42 Å². The first-order valence-electron chi connectivity index (χ1n) is 23.6. The summed E-state index contributed by atoms with van der Waals surface area (Å²) in [5, 5.41) is 4.75. The van der Waals surface area contributed by atoms with Crippen LogP contribution in [0.5, 0.6) is 0 Å². The molecule has 0 aliphatic carbocycles. The van der Waals surface area contributed by atoms with Gasteiger partial charge in [-0.2, -0.15) is 0 Å². The van der Waals surface area contributed by atoms with E-state index in [2.05, 4.69) is 270 Å². The molecule has 0 N–H and O–H groups in total. The van der Waals surface area contributed by atoms with Crippen LogP contribution in [-0.4, -0.2) is 4.57 Å². The molecule has 0 radical (unpaired) electrons. The highest BCUT2D eigenvalue weighted by molar-refractivity contribution is 6.14. The van der Waals surface area contributed by atoms with Gasteiger partial charge in [0.1, 0.15) is 11.2 Å². The van der Waals surface area contributed by atoms with Crippen LogP contribution in [0.3, 0.4) is 0 Å². The summed E-state index contributed by atoms with van der Waals surface area (Å²) in [7, 11) is 0. The molecule has 0 aliphatic heterocycles. The predicted octanol–water partition coefficient (Wildman–Crippen LogP) is 18.5. The highest BCUT2D eigenvalue weighted by Crippen LogP contribution is 2.46. The number of aromatic nitrogens is 1. The lowest BCUT2D eigenvalue weighted by molar-refractivity contribution is 0.669. The lowest BCUT2D eigenvalue weighted by Crippen LogP contribution is -2.11. The summed E-state index contributed by atoms with van der Waals surface area (Å²) in [5.41, 5.74) is 20.2. The number of hydrogen-bond acceptors (Lipinski definition) is 2. The first kappa shape index (κ1) is 40.1. The lowest BCUT2D eigenvalue weighted by atomic mass is 9.96. The number of hydrogen-bond donors (Lipinski definition) is 0. The molecule has 0 saturated carbocycles. The smallest absolute Gasteiger partial charge is 0.136 e. The quantitative estimate of drug-likeness (QED) is 0.144. The molecule has 13 aromatic rings. The van der Waals surface area contributed by atoms with Gasteiger partial charge in [-0.25, -0.2) is 0 Å². The molecule has 3 heteroatoms. The Hall–Kier alpha value is -9.18. The molecule has 0 saturated heterocycles. The predicted molar refractivity (Wildman–Crippen MR) is 290 cm³/mol. The summed E-state index contributed by atoms with van der Waals surface area (Å²) in [6.07, 6.45) is 0. The highest BCUT2D eigenvalue weighted by atomic mass is 16.3. The average molecular weight is 881 g/mol. The molecule has 2 aromatic heterocycles. The van der Waals surface area contributed by atoms with E-state index in [-0.39, 0.29) is 0 Å². The standard InChI is InChI=1S/C66H44N2O/c1-2-15-45(16-3-1)46-31-33-47(34-32-46)52-19-13-20-55(44-52)67(61-26-8-6-23-58(61)59-25-14-30-65-66(59)60-24-7-11-29-64(60)69-65)53-39-35-48(36-40-53)50-17-12-18-51(43-50)49-37-41-54(42-38-49)68-62-27-9-4-21-56(62)57-22-5-10-28-63(57)68/h1-44H. The van der Waals surface area contributed by atoms with Crippen LogP contribution < -0.4 is 4.90 Å². The third-order valence-corrected chi connectivity index (χ3v) is 13.6. The Labute approximate surface area is 401 Å². The van der Waals surface area contributed by atoms with Crippen LogP contribution in [-0.2, 0) is 0 Å². The van der Waals surface area contributed by atoms with E-state index in [0.29, 0.717) is 0 Å². The topological polar surface area (TPSA) is 21.3 Å². The van der Waals surface area contributed by atoms with Crippen molar-refractivity contribution in [2.75, 3.05) is 4.90 Å². The minimum atomic E-state index is 0.877. The first-order chi connectivity index (χ1) is 34.2. The number of furan rings is 1. The van der Waals surface area contributed by atoms with Gasteiger partial charge in [0.15, 0.2) is 0 Å². The fourth-order valence-electron chi connectivity index (χ4n) is 10.3. The van der Waals surface area contributed by atoms with Crippen molar-refractivity contribution in [3.8, 4) is 61.3 Å². The Balaban J connectivity index is 0.881. The van der Waals surface area contributed by atoms with Gasteiger partial charge < -0.3 is 13.9 Å². The summed E-state index contributed by atoms with van der Waals surface area (Å²) in [6.45, 7) is 0. The van der Waals surface area contributed by atoms with E-state index in [1.165, 1.54) is 44.1 Å². The zero-order valence-corrected chi connectivity index (χ0v) is 37.7. The van der Waals surface area contributed by atoms with Crippen molar-refractivity contribution in [1.29, 1.82) is 0 Å². The average Bonchev–Trinajstić information content (AvgIpc) is 3.98. The van der Waals surface area contributed by atoms with Gasteiger partial charge in [-0.15, -0.1) is 0 Å². The Morgan fingerprint density at radius 3 is 1.45 bits per heavy atom. The molecular weight excluding hydrogens is 837 g/mol. The normalized spacial score (nSPS) is 11.5. The van der Waals surface area contributed by atoms with Crippen molar-refractivity contribution in [2.24, 2.45) is 0 Å². The number of fused-ring (bicyclic) bond motifs is 6. The molecule has 0 spiro atoms. The van der Waals surface area contributed by atoms with Crippen LogP contribution in [0.15, 0.2) is 271 Å². The van der Waals surface area contributed by atoms with Gasteiger partial charge in [-0.1, -0.05) is 194 Å². The summed E-state index contributed by atoms with van der Waals surface area (Å²) >= 11 is 0. The molecule has 0 fully saturated rings. The van der Waals surface area contributed by atoms with E-state index in [0.717, 1.165) is 78.1 Å². The Bertz CT molecular complexity index is 3940. The summed E-state index contributed by atoms with van der Waals surface area (Å²) in [4.78, 5) is 2.40. The van der Waals surface area contributed by atoms with Crippen molar-refractivity contribution in [2.45, 2.75) is 0 Å². The Morgan fingerprint density at radius 1 is 0.290 bits per heavy atom. The van der Waals surface area contributed by atoms with Gasteiger partial charge >= 0.3 is 0 Å². The first-order valence-corrected chi connectivity index (χ1v) is 23.6. The van der Waals surface area contributed by atoms with Gasteiger partial charge in [0.05, 0.1) is 16.7 Å². The maximum Gasteiger partial charge on any atom is 0.136 e. The van der Waals surface area contributed by atoms with Crippen molar-refractivity contribution in [3.05, 3.63) is 267 Å². The molecule has 0 bridgehead atoms. The van der Waals surface area contributed by atoms with E-state index >= 15 is 0 Å². The Kier molecular flexibility index (Phi) is 9.84. The van der Waals surface area contributed by atoms with Crippen molar-refractivity contribution in [3.63, 3.8) is 0 Å². The minimum Gasteiger partial charge on any atom is -0.456 e. The summed E-state index contributed by atoms with van der Waals surface area (Å²) in [6, 6.07) is 96.1. The number of nitrogens with zero attached hydrogens (tertiary/aromatic N) is 2. The fraction of sp³-hybridized carbons (Fsp3) is 0. The van der Waals surface area contributed by atoms with Gasteiger partial charge in [0.2, 0.25) is 0 Å². The minimum absolute atomic E-state index is 0.877. The van der Waals surface area contributed by atoms with E-state index in [9.17, 15) is 0 Å². The number of rotatable bonds is 9. The largest absolute Gasteiger partial charge is 0.456 e. The molecule has 13 rings (SSSR count). The summed E-state index contributed by atoms with van der Waals surface area (Å²) < 4.78 is 8.78. The van der Waals surface area contributed by atoms with Crippen LogP contribution in [0, 0.1) is 0 Å². The maximum atomic E-state index is 6.41. The van der Waals surface area contributed by atoms with Gasteiger partial charge in [0, 0.05) is 44.2 Å². The third-order valence-electron chi connectivity index (χ3n) is 13.6. The molecule has 0 aliphatic rings. The van der Waals surface area contributed by atoms with Gasteiger partial charge in [-0.3, -0.25) is 0 Å². The van der Waals surface area contributed by atoms with Gasteiger partial charge in [0.25, 0.3) is 0 Å². The second-order valence-corrected chi connectivity index (χ2v) is 17.7. The molecule has 2 heterocycles. The fourth-order valence-corrected chi connectivity index (χ4v) is 10.3. The monoisotopic (exact) mass is 880 g/mol. The molecular formula is C66H44N2O. The number of para-hydroxylation sites is 4. The van der Waals surface area contributed by atoms with E-state index in [1.54, 1.807) is 0 Å². The zero-order valence-electron chi connectivity index (χ0n) is 37.7. The Morgan fingerprint density at radius 2 is 0.754 bits per heavy atom. The molecule has 3 nitrogen and oxygen atoms in total.